The molecule has 0 aromatic heterocycles. The summed E-state index contributed by atoms with van der Waals surface area (Å²) in [6.07, 6.45) is 18.4. The van der Waals surface area contributed by atoms with E-state index in [0.717, 1.165) is 5.92 Å². The molecule has 1 saturated carbocycles. The van der Waals surface area contributed by atoms with Crippen molar-refractivity contribution in [2.45, 2.75) is 76.9 Å². The number of ether oxygens (including phenoxy) is 1. The number of allylic oxidation sites excluding steroid dienone is 2. The van der Waals surface area contributed by atoms with Gasteiger partial charge in [0.15, 0.2) is 0 Å². The molecule has 0 amide bonds. The highest BCUT2D eigenvalue weighted by molar-refractivity contribution is 4.99. The van der Waals surface area contributed by atoms with Crippen molar-refractivity contribution in [2.75, 3.05) is 0 Å². The van der Waals surface area contributed by atoms with Gasteiger partial charge in [-0.2, -0.15) is 0 Å². The molecule has 16 heavy (non-hydrogen) atoms. The Bertz CT molecular complexity index is 221. The molecule has 1 saturated heterocycles. The molecule has 1 nitrogen and oxygen atoms in total. The minimum Gasteiger partial charge on any atom is -0.370 e. The van der Waals surface area contributed by atoms with E-state index >= 15 is 0 Å². The fourth-order valence-corrected chi connectivity index (χ4v) is 2.76. The van der Waals surface area contributed by atoms with Crippen LogP contribution in [0.2, 0.25) is 0 Å². The summed E-state index contributed by atoms with van der Waals surface area (Å²) >= 11 is 0. The Morgan fingerprint density at radius 2 is 1.94 bits per heavy atom. The monoisotopic (exact) mass is 222 g/mol. The van der Waals surface area contributed by atoms with Crippen LogP contribution in [0.4, 0.5) is 0 Å². The van der Waals surface area contributed by atoms with Gasteiger partial charge in [-0.05, 0) is 38.0 Å². The molecule has 0 bridgehead atoms. The maximum Gasteiger partial charge on any atom is 0.0847 e. The maximum absolute atomic E-state index is 5.55. The SMILES string of the molecule is CCCCCCCC=CC1CCC2OC2C1. The lowest BCUT2D eigenvalue weighted by Gasteiger charge is -2.14. The first-order valence-corrected chi connectivity index (χ1v) is 7.22. The molecule has 0 N–H and O–H groups in total. The Hall–Kier alpha value is -0.300. The van der Waals surface area contributed by atoms with E-state index < -0.39 is 0 Å². The second-order valence-electron chi connectivity index (χ2n) is 5.42. The van der Waals surface area contributed by atoms with Gasteiger partial charge in [0, 0.05) is 0 Å². The summed E-state index contributed by atoms with van der Waals surface area (Å²) in [5.41, 5.74) is 0. The number of unbranched alkanes of at least 4 members (excludes halogenated alkanes) is 5. The molecule has 1 aliphatic heterocycles. The Balaban J connectivity index is 1.48. The fraction of sp³-hybridized carbons (Fsp3) is 0.867. The average molecular weight is 222 g/mol. The molecule has 0 spiro atoms. The topological polar surface area (TPSA) is 12.5 Å². The summed E-state index contributed by atoms with van der Waals surface area (Å²) in [5, 5.41) is 0. The summed E-state index contributed by atoms with van der Waals surface area (Å²) in [4.78, 5) is 0. The minimum atomic E-state index is 0.632. The average Bonchev–Trinajstić information content (AvgIpc) is 3.06. The van der Waals surface area contributed by atoms with Crippen LogP contribution in [0, 0.1) is 5.92 Å². The highest BCUT2D eigenvalue weighted by Gasteiger charge is 2.42. The van der Waals surface area contributed by atoms with E-state index in [9.17, 15) is 0 Å². The zero-order valence-electron chi connectivity index (χ0n) is 10.7. The minimum absolute atomic E-state index is 0.632. The van der Waals surface area contributed by atoms with E-state index in [2.05, 4.69) is 19.1 Å². The largest absolute Gasteiger partial charge is 0.370 e. The molecule has 92 valence electrons. The third kappa shape index (κ3) is 3.93. The molecule has 1 heterocycles. The van der Waals surface area contributed by atoms with Crippen LogP contribution in [0.1, 0.15) is 64.7 Å². The molecule has 0 radical (unpaired) electrons. The van der Waals surface area contributed by atoms with Gasteiger partial charge >= 0.3 is 0 Å². The molecule has 2 fully saturated rings. The lowest BCUT2D eigenvalue weighted by Crippen LogP contribution is -2.10. The molecule has 0 aromatic carbocycles. The van der Waals surface area contributed by atoms with Crippen molar-refractivity contribution in [2.24, 2.45) is 5.92 Å². The van der Waals surface area contributed by atoms with Gasteiger partial charge in [-0.15, -0.1) is 0 Å². The molecular formula is C15H26O. The summed E-state index contributed by atoms with van der Waals surface area (Å²) in [5.74, 6) is 0.819. The molecule has 1 aliphatic carbocycles. The van der Waals surface area contributed by atoms with Crippen molar-refractivity contribution < 1.29 is 4.74 Å². The van der Waals surface area contributed by atoms with Crippen LogP contribution in [0.5, 0.6) is 0 Å². The van der Waals surface area contributed by atoms with Crippen molar-refractivity contribution >= 4 is 0 Å². The van der Waals surface area contributed by atoms with Crippen LogP contribution >= 0.6 is 0 Å². The Morgan fingerprint density at radius 3 is 2.75 bits per heavy atom. The molecule has 3 unspecified atom stereocenters. The fourth-order valence-electron chi connectivity index (χ4n) is 2.76. The standard InChI is InChI=1S/C15H26O/c1-2-3-4-5-6-7-8-9-13-10-11-14-15(12-13)16-14/h8-9,13-15H,2-7,10-12H2,1H3. The zero-order chi connectivity index (χ0) is 11.2. The maximum atomic E-state index is 5.55. The molecule has 2 aliphatic rings. The van der Waals surface area contributed by atoms with E-state index in [1.54, 1.807) is 0 Å². The van der Waals surface area contributed by atoms with Gasteiger partial charge in [0.25, 0.3) is 0 Å². The van der Waals surface area contributed by atoms with Gasteiger partial charge in [0.05, 0.1) is 12.2 Å². The first kappa shape index (κ1) is 12.2. The van der Waals surface area contributed by atoms with E-state index in [4.69, 9.17) is 4.74 Å². The van der Waals surface area contributed by atoms with Gasteiger partial charge in [0.2, 0.25) is 0 Å². The quantitative estimate of drug-likeness (QED) is 0.352. The van der Waals surface area contributed by atoms with Crippen LogP contribution in [0.3, 0.4) is 0 Å². The van der Waals surface area contributed by atoms with Crippen molar-refractivity contribution in [1.82, 2.24) is 0 Å². The smallest absolute Gasteiger partial charge is 0.0847 e. The first-order chi connectivity index (χ1) is 7.90. The normalized spacial score (nSPS) is 32.9. The van der Waals surface area contributed by atoms with Gasteiger partial charge in [0.1, 0.15) is 0 Å². The molecule has 0 aromatic rings. The predicted octanol–water partition coefficient (Wildman–Crippen LogP) is 4.47. The van der Waals surface area contributed by atoms with Gasteiger partial charge in [-0.25, -0.2) is 0 Å². The van der Waals surface area contributed by atoms with Crippen molar-refractivity contribution in [3.05, 3.63) is 12.2 Å². The number of rotatable bonds is 7. The van der Waals surface area contributed by atoms with Crippen molar-refractivity contribution in [1.29, 1.82) is 0 Å². The zero-order valence-corrected chi connectivity index (χ0v) is 10.7. The number of epoxide rings is 1. The Kier molecular flexibility index (Phi) is 4.90. The van der Waals surface area contributed by atoms with E-state index in [0.29, 0.717) is 12.2 Å². The molecule has 2 rings (SSSR count). The summed E-state index contributed by atoms with van der Waals surface area (Å²) < 4.78 is 5.55. The van der Waals surface area contributed by atoms with Crippen LogP contribution in [0.15, 0.2) is 12.2 Å². The third-order valence-electron chi connectivity index (χ3n) is 3.93. The second-order valence-corrected chi connectivity index (χ2v) is 5.42. The highest BCUT2D eigenvalue weighted by atomic mass is 16.6. The number of hydrogen-bond acceptors (Lipinski definition) is 1. The Labute approximate surface area is 100 Å². The van der Waals surface area contributed by atoms with Crippen molar-refractivity contribution in [3.63, 3.8) is 0 Å². The summed E-state index contributed by atoms with van der Waals surface area (Å²) in [7, 11) is 0. The van der Waals surface area contributed by atoms with Gasteiger partial charge < -0.3 is 4.74 Å². The van der Waals surface area contributed by atoms with E-state index in [1.807, 2.05) is 0 Å². The van der Waals surface area contributed by atoms with Gasteiger partial charge in [-0.1, -0.05) is 44.8 Å². The second kappa shape index (κ2) is 6.44. The number of fused-ring (bicyclic) bond motifs is 1. The van der Waals surface area contributed by atoms with Crippen LogP contribution in [0.25, 0.3) is 0 Å². The van der Waals surface area contributed by atoms with Crippen molar-refractivity contribution in [3.8, 4) is 0 Å². The Morgan fingerprint density at radius 1 is 1.06 bits per heavy atom. The molecular weight excluding hydrogens is 196 g/mol. The van der Waals surface area contributed by atoms with Crippen LogP contribution in [-0.4, -0.2) is 12.2 Å². The van der Waals surface area contributed by atoms with E-state index in [-0.39, 0.29) is 0 Å². The van der Waals surface area contributed by atoms with Crippen LogP contribution in [-0.2, 0) is 4.74 Å². The lowest BCUT2D eigenvalue weighted by atomic mass is 9.89. The highest BCUT2D eigenvalue weighted by Crippen LogP contribution is 2.39. The van der Waals surface area contributed by atoms with Gasteiger partial charge in [-0.3, -0.25) is 0 Å². The van der Waals surface area contributed by atoms with Crippen LogP contribution < -0.4 is 0 Å². The summed E-state index contributed by atoms with van der Waals surface area (Å²) in [6, 6.07) is 0. The third-order valence-corrected chi connectivity index (χ3v) is 3.93. The predicted molar refractivity (Wildman–Crippen MR) is 68.5 cm³/mol. The van der Waals surface area contributed by atoms with E-state index in [1.165, 1.54) is 57.8 Å². The summed E-state index contributed by atoms with van der Waals surface area (Å²) in [6.45, 7) is 2.27. The molecule has 3 atom stereocenters. The number of hydrogen-bond donors (Lipinski definition) is 0. The lowest BCUT2D eigenvalue weighted by molar-refractivity contribution is 0.370. The molecule has 1 heteroatoms. The first-order valence-electron chi connectivity index (χ1n) is 7.22.